The van der Waals surface area contributed by atoms with Gasteiger partial charge in [-0.1, -0.05) is 37.1 Å². The summed E-state index contributed by atoms with van der Waals surface area (Å²) in [5.74, 6) is 1.84. The lowest BCUT2D eigenvalue weighted by molar-refractivity contribution is -0.299. The summed E-state index contributed by atoms with van der Waals surface area (Å²) in [6.45, 7) is 8.03. The Morgan fingerprint density at radius 1 is 1.07 bits per heavy atom. The molecule has 2 aliphatic heterocycles. The fourth-order valence-corrected chi connectivity index (χ4v) is 10.0. The molecule has 6 aliphatic rings. The number of carbonyl (C=O) groups is 2. The van der Waals surface area contributed by atoms with Crippen LogP contribution in [0.3, 0.4) is 0 Å². The van der Waals surface area contributed by atoms with Gasteiger partial charge in [0.1, 0.15) is 30.5 Å². The highest BCUT2D eigenvalue weighted by molar-refractivity contribution is 5.98. The van der Waals surface area contributed by atoms with E-state index in [1.807, 2.05) is 19.1 Å². The van der Waals surface area contributed by atoms with Gasteiger partial charge in [0.15, 0.2) is 12.1 Å². The smallest absolute Gasteiger partial charge is 0.336 e. The van der Waals surface area contributed by atoms with E-state index in [2.05, 4.69) is 26.8 Å². The molecule has 0 amide bonds. The molecule has 3 fully saturated rings. The predicted molar refractivity (Wildman–Crippen MR) is 156 cm³/mol. The molecule has 2 heterocycles. The summed E-state index contributed by atoms with van der Waals surface area (Å²) in [4.78, 5) is 26.5. The van der Waals surface area contributed by atoms with Crippen LogP contribution in [0, 0.1) is 40.4 Å². The van der Waals surface area contributed by atoms with Crippen LogP contribution in [0.4, 0.5) is 0 Å². The largest absolute Gasteiger partial charge is 0.458 e. The number of hydrogen-bond donors (Lipinski definition) is 4. The fourth-order valence-electron chi connectivity index (χ4n) is 10.0. The van der Waals surface area contributed by atoms with Crippen molar-refractivity contribution in [3.8, 4) is 0 Å². The SMILES string of the molecule is CC1=C(CO[C@@H]2O[C@H](CO)[C@@H](O)[C@H](O)[C@H]2O)C(=O)O[C@@H]([C@@H](C)[C@H]2CC[C@@H]3[C@@H]4CC=C5CC=CC(=O)[C@]5(C)[C@H]4CC[C@]23C)C1. The second-order valence-electron chi connectivity index (χ2n) is 14.5. The minimum atomic E-state index is -1.55. The number of esters is 1. The first-order chi connectivity index (χ1) is 20.4. The van der Waals surface area contributed by atoms with Crippen molar-refractivity contribution in [2.24, 2.45) is 40.4 Å². The van der Waals surface area contributed by atoms with Gasteiger partial charge in [0.25, 0.3) is 0 Å². The van der Waals surface area contributed by atoms with Crippen LogP contribution in [0.2, 0.25) is 0 Å². The lowest BCUT2D eigenvalue weighted by Gasteiger charge is -2.57. The highest BCUT2D eigenvalue weighted by atomic mass is 16.7. The Bertz CT molecular complexity index is 1220. The van der Waals surface area contributed by atoms with E-state index in [9.17, 15) is 30.0 Å². The Balaban J connectivity index is 1.12. The zero-order chi connectivity index (χ0) is 30.8. The van der Waals surface area contributed by atoms with Gasteiger partial charge in [-0.05, 0) is 93.5 Å². The molecule has 4 N–H and O–H groups in total. The number of cyclic esters (lactones) is 1. The molecule has 0 aromatic heterocycles. The third-order valence-electron chi connectivity index (χ3n) is 12.7. The lowest BCUT2D eigenvalue weighted by atomic mass is 9.47. The first kappa shape index (κ1) is 31.1. The summed E-state index contributed by atoms with van der Waals surface area (Å²) in [5, 5.41) is 39.8. The van der Waals surface area contributed by atoms with Crippen LogP contribution in [-0.4, -0.2) is 82.2 Å². The van der Waals surface area contributed by atoms with Crippen LogP contribution in [-0.2, 0) is 23.8 Å². The summed E-state index contributed by atoms with van der Waals surface area (Å²) >= 11 is 0. The summed E-state index contributed by atoms with van der Waals surface area (Å²) in [6.07, 6.45) is 5.92. The van der Waals surface area contributed by atoms with Gasteiger partial charge in [-0.15, -0.1) is 0 Å². The molecule has 0 spiro atoms. The van der Waals surface area contributed by atoms with E-state index in [1.54, 1.807) is 0 Å². The Morgan fingerprint density at radius 3 is 2.56 bits per heavy atom. The van der Waals surface area contributed by atoms with E-state index in [4.69, 9.17) is 14.2 Å². The summed E-state index contributed by atoms with van der Waals surface area (Å²) in [7, 11) is 0. The molecule has 2 saturated carbocycles. The van der Waals surface area contributed by atoms with Crippen molar-refractivity contribution in [3.05, 3.63) is 34.9 Å². The molecule has 0 unspecified atom stereocenters. The maximum atomic E-state index is 13.2. The highest BCUT2D eigenvalue weighted by Gasteiger charge is 2.61. The number of carbonyl (C=O) groups excluding carboxylic acids is 2. The molecule has 43 heavy (non-hydrogen) atoms. The van der Waals surface area contributed by atoms with Gasteiger partial charge in [-0.3, -0.25) is 4.79 Å². The van der Waals surface area contributed by atoms with Crippen molar-refractivity contribution < 1.29 is 44.2 Å². The Labute approximate surface area is 254 Å². The standard InChI is InChI=1S/C34H48O9/c1-17-14-25(42-31(40)21(17)16-41-32-30(39)29(38)28(37)26(15-35)43-32)18(2)22-10-11-23-20-9-8-19-6-5-7-27(36)34(19,4)24(20)12-13-33(22,23)3/h5,7-8,18,20,22-26,28-30,32,35,37-39H,6,9-16H2,1-4H3/t18-,20-,22+,23+,24-,25+,26+,28+,29-,30+,32+,33+,34-/m0/s1. The molecule has 1 saturated heterocycles. The molecule has 0 aromatic rings. The topological polar surface area (TPSA) is 143 Å². The minimum absolute atomic E-state index is 0.131. The Morgan fingerprint density at radius 2 is 1.84 bits per heavy atom. The number of aliphatic hydroxyl groups is 4. The van der Waals surface area contributed by atoms with E-state index >= 15 is 0 Å². The minimum Gasteiger partial charge on any atom is -0.458 e. The first-order valence-electron chi connectivity index (χ1n) is 16.1. The predicted octanol–water partition coefficient (Wildman–Crippen LogP) is 3.00. The molecule has 238 valence electrons. The Hall–Kier alpha value is -1.88. The van der Waals surface area contributed by atoms with E-state index in [-0.39, 0.29) is 35.2 Å². The molecular formula is C34H48O9. The van der Waals surface area contributed by atoms with Crippen molar-refractivity contribution in [2.75, 3.05) is 13.2 Å². The van der Waals surface area contributed by atoms with Crippen molar-refractivity contribution >= 4 is 11.8 Å². The van der Waals surface area contributed by atoms with Gasteiger partial charge in [-0.25, -0.2) is 4.79 Å². The van der Waals surface area contributed by atoms with Crippen molar-refractivity contribution in [1.82, 2.24) is 0 Å². The zero-order valence-electron chi connectivity index (χ0n) is 25.8. The van der Waals surface area contributed by atoms with Gasteiger partial charge in [-0.2, -0.15) is 0 Å². The normalized spacial score (nSPS) is 46.9. The molecule has 6 rings (SSSR count). The number of ketones is 1. The first-order valence-corrected chi connectivity index (χ1v) is 16.1. The summed E-state index contributed by atoms with van der Waals surface area (Å²) in [5.41, 5.74) is 2.31. The fraction of sp³-hybridized carbons (Fsp3) is 0.765. The summed E-state index contributed by atoms with van der Waals surface area (Å²) < 4.78 is 17.1. The molecule has 13 atom stereocenters. The molecule has 9 heteroatoms. The van der Waals surface area contributed by atoms with Crippen molar-refractivity contribution in [3.63, 3.8) is 0 Å². The van der Waals surface area contributed by atoms with E-state index in [0.717, 1.165) is 44.1 Å². The number of ether oxygens (including phenoxy) is 3. The second-order valence-corrected chi connectivity index (χ2v) is 14.5. The molecule has 0 aromatic carbocycles. The van der Waals surface area contributed by atoms with Crippen molar-refractivity contribution in [1.29, 1.82) is 0 Å². The molecular weight excluding hydrogens is 552 g/mol. The van der Waals surface area contributed by atoms with Crippen molar-refractivity contribution in [2.45, 2.75) is 109 Å². The maximum absolute atomic E-state index is 13.2. The molecule has 9 nitrogen and oxygen atoms in total. The van der Waals surface area contributed by atoms with E-state index in [0.29, 0.717) is 35.7 Å². The van der Waals surface area contributed by atoms with Gasteiger partial charge in [0.05, 0.1) is 24.2 Å². The highest BCUT2D eigenvalue weighted by Crippen LogP contribution is 2.66. The third kappa shape index (κ3) is 4.90. The quantitative estimate of drug-likeness (QED) is 0.267. The van der Waals surface area contributed by atoms with Gasteiger partial charge in [0.2, 0.25) is 0 Å². The zero-order valence-corrected chi connectivity index (χ0v) is 25.8. The molecule has 4 aliphatic carbocycles. The van der Waals surface area contributed by atoms with Crippen LogP contribution >= 0.6 is 0 Å². The van der Waals surface area contributed by atoms with Gasteiger partial charge >= 0.3 is 5.97 Å². The average Bonchev–Trinajstić information content (AvgIpc) is 3.34. The lowest BCUT2D eigenvalue weighted by Crippen LogP contribution is -2.59. The van der Waals surface area contributed by atoms with Crippen LogP contribution in [0.25, 0.3) is 0 Å². The van der Waals surface area contributed by atoms with Gasteiger partial charge < -0.3 is 34.6 Å². The molecule has 0 radical (unpaired) electrons. The van der Waals surface area contributed by atoms with Crippen LogP contribution in [0.5, 0.6) is 0 Å². The van der Waals surface area contributed by atoms with Gasteiger partial charge in [0, 0.05) is 6.42 Å². The second kappa shape index (κ2) is 11.5. The number of allylic oxidation sites excluding steroid dienone is 4. The van der Waals surface area contributed by atoms with E-state index < -0.39 is 43.3 Å². The molecule has 0 bridgehead atoms. The monoisotopic (exact) mass is 600 g/mol. The maximum Gasteiger partial charge on any atom is 0.336 e. The number of fused-ring (bicyclic) bond motifs is 5. The third-order valence-corrected chi connectivity index (χ3v) is 12.7. The number of rotatable bonds is 6. The number of aliphatic hydroxyl groups excluding tert-OH is 4. The van der Waals surface area contributed by atoms with Crippen LogP contribution < -0.4 is 0 Å². The Kier molecular flexibility index (Phi) is 8.31. The van der Waals surface area contributed by atoms with Crippen LogP contribution in [0.1, 0.15) is 72.6 Å². The summed E-state index contributed by atoms with van der Waals surface area (Å²) in [6, 6.07) is 0. The average molecular weight is 601 g/mol. The van der Waals surface area contributed by atoms with Crippen LogP contribution in [0.15, 0.2) is 34.9 Å². The number of hydrogen-bond acceptors (Lipinski definition) is 9. The van der Waals surface area contributed by atoms with E-state index in [1.165, 1.54) is 5.57 Å².